The van der Waals surface area contributed by atoms with Gasteiger partial charge in [-0.15, -0.1) is 0 Å². The molecule has 2 aliphatic rings. The van der Waals surface area contributed by atoms with Crippen molar-refractivity contribution in [3.63, 3.8) is 0 Å². The number of anilines is 2. The number of likely N-dealkylation sites (N-methyl/N-ethyl adjacent to an activating group) is 1. The van der Waals surface area contributed by atoms with Crippen LogP contribution in [0.4, 0.5) is 11.5 Å². The average molecular weight is 513 g/mol. The summed E-state index contributed by atoms with van der Waals surface area (Å²) in [6.45, 7) is 3.59. The fourth-order valence-corrected chi connectivity index (χ4v) is 5.10. The van der Waals surface area contributed by atoms with Gasteiger partial charge in [0, 0.05) is 23.1 Å². The van der Waals surface area contributed by atoms with Crippen LogP contribution in [0.2, 0.25) is 0 Å². The summed E-state index contributed by atoms with van der Waals surface area (Å²) in [5.41, 5.74) is 2.12. The molecule has 3 heterocycles. The summed E-state index contributed by atoms with van der Waals surface area (Å²) in [4.78, 5) is 54.8. The monoisotopic (exact) mass is 512 g/mol. The molecule has 0 saturated heterocycles. The zero-order chi connectivity index (χ0) is 27.0. The first-order valence-electron chi connectivity index (χ1n) is 12.6. The minimum atomic E-state index is -0.841. The first-order chi connectivity index (χ1) is 18.3. The third kappa shape index (κ3) is 4.35. The molecule has 2 aliphatic heterocycles. The van der Waals surface area contributed by atoms with Crippen LogP contribution in [0.15, 0.2) is 72.9 Å². The van der Waals surface area contributed by atoms with Crippen molar-refractivity contribution in [2.45, 2.75) is 44.4 Å². The van der Waals surface area contributed by atoms with Gasteiger partial charge in [-0.2, -0.15) is 4.90 Å². The number of hydrogen-bond acceptors (Lipinski definition) is 5. The summed E-state index contributed by atoms with van der Waals surface area (Å²) in [7, 11) is 1.67. The van der Waals surface area contributed by atoms with Crippen LogP contribution in [0.3, 0.4) is 0 Å². The van der Waals surface area contributed by atoms with Crippen LogP contribution in [-0.4, -0.2) is 48.7 Å². The lowest BCUT2D eigenvalue weighted by atomic mass is 10.0. The zero-order valence-corrected chi connectivity index (χ0v) is 21.5. The molecule has 2 aromatic carbocycles. The number of carbonyl (C=O) groups is 4. The largest absolute Gasteiger partial charge is 0.337 e. The van der Waals surface area contributed by atoms with E-state index >= 15 is 0 Å². The van der Waals surface area contributed by atoms with Gasteiger partial charge in [-0.05, 0) is 45.2 Å². The number of hydrogen-bond donors (Lipinski definition) is 3. The molecule has 0 bridgehead atoms. The maximum atomic E-state index is 13.8. The van der Waals surface area contributed by atoms with Crippen LogP contribution in [0.25, 0.3) is 0 Å². The highest BCUT2D eigenvalue weighted by atomic mass is 16.2. The Balaban J connectivity index is 1.45. The molecule has 38 heavy (non-hydrogen) atoms. The van der Waals surface area contributed by atoms with Gasteiger partial charge in [-0.3, -0.25) is 14.4 Å². The van der Waals surface area contributed by atoms with Crippen molar-refractivity contribution in [1.29, 1.82) is 0 Å². The first kappa shape index (κ1) is 25.3. The van der Waals surface area contributed by atoms with Crippen molar-refractivity contribution in [2.24, 2.45) is 0 Å². The Hall–Kier alpha value is -4.37. The van der Waals surface area contributed by atoms with Crippen LogP contribution < -0.4 is 25.4 Å². The van der Waals surface area contributed by atoms with Gasteiger partial charge in [0.15, 0.2) is 17.9 Å². The molecule has 1 unspecified atom stereocenters. The lowest BCUT2D eigenvalue weighted by Gasteiger charge is -2.32. The van der Waals surface area contributed by atoms with Gasteiger partial charge in [0.2, 0.25) is 5.91 Å². The molecule has 0 spiro atoms. The number of pyridine rings is 1. The maximum absolute atomic E-state index is 13.8. The van der Waals surface area contributed by atoms with E-state index in [1.165, 1.54) is 4.90 Å². The van der Waals surface area contributed by atoms with E-state index in [0.29, 0.717) is 29.1 Å². The second-order valence-corrected chi connectivity index (χ2v) is 9.66. The maximum Gasteiger partial charge on any atom is 0.337 e. The Morgan fingerprint density at radius 3 is 2.45 bits per heavy atom. The minimum Gasteiger partial charge on any atom is -0.337 e. The Morgan fingerprint density at radius 2 is 1.71 bits per heavy atom. The molecule has 0 saturated carbocycles. The molecule has 0 aliphatic carbocycles. The van der Waals surface area contributed by atoms with Crippen molar-refractivity contribution < 1.29 is 23.7 Å². The molecule has 0 radical (unpaired) electrons. The van der Waals surface area contributed by atoms with Gasteiger partial charge in [0.05, 0.1) is 17.9 Å². The minimum absolute atomic E-state index is 0.210. The fourth-order valence-electron chi connectivity index (χ4n) is 5.10. The van der Waals surface area contributed by atoms with Crippen molar-refractivity contribution >= 4 is 35.0 Å². The fraction of sp³-hybridized carbons (Fsp3) is 0.276. The second-order valence-electron chi connectivity index (χ2n) is 9.66. The molecule has 3 aromatic rings. The molecule has 4 atom stereocenters. The first-order valence-corrected chi connectivity index (χ1v) is 12.6. The second kappa shape index (κ2) is 10.2. The van der Waals surface area contributed by atoms with E-state index in [4.69, 9.17) is 0 Å². The van der Waals surface area contributed by atoms with Gasteiger partial charge < -0.3 is 16.0 Å². The summed E-state index contributed by atoms with van der Waals surface area (Å²) in [5.74, 6) is -0.596. The molecule has 3 amide bonds. The summed E-state index contributed by atoms with van der Waals surface area (Å²) in [5, 5.41) is 8.64. The number of para-hydroxylation sites is 1. The third-order valence-corrected chi connectivity index (χ3v) is 7.35. The Morgan fingerprint density at radius 1 is 1.00 bits per heavy atom. The van der Waals surface area contributed by atoms with E-state index in [1.807, 2.05) is 35.9 Å². The Labute approximate surface area is 220 Å². The van der Waals surface area contributed by atoms with E-state index in [1.54, 1.807) is 62.5 Å². The number of nitrogens with one attached hydrogen (secondary N) is 3. The molecule has 194 valence electrons. The number of ketones is 1. The molecule has 3 N–H and O–H groups in total. The SMILES string of the molecule is CN[C@@H](C)C(=O)N[C@@H]1C(=O)N2c3c(ccc[n+]3C1C)C[C@H]2C(=O)Nc1ccccc1C(=O)c1ccccc1. The Bertz CT molecular complexity index is 1420. The number of rotatable bonds is 7. The Kier molecular flexibility index (Phi) is 6.77. The lowest BCUT2D eigenvalue weighted by Crippen LogP contribution is -2.67. The molecule has 5 rings (SSSR count). The quantitative estimate of drug-likeness (QED) is 0.330. The van der Waals surface area contributed by atoms with E-state index in [2.05, 4.69) is 16.0 Å². The van der Waals surface area contributed by atoms with Gasteiger partial charge in [0.25, 0.3) is 11.7 Å². The predicted octanol–water partition coefficient (Wildman–Crippen LogP) is 1.77. The number of benzene rings is 2. The molecular formula is C29H30N5O4+. The van der Waals surface area contributed by atoms with Gasteiger partial charge >= 0.3 is 5.91 Å². The summed E-state index contributed by atoms with van der Waals surface area (Å²) in [6.07, 6.45) is 2.18. The van der Waals surface area contributed by atoms with Gasteiger partial charge in [-0.25, -0.2) is 9.36 Å². The molecular weight excluding hydrogens is 482 g/mol. The normalized spacial score (nSPS) is 20.4. The number of nitrogens with zero attached hydrogens (tertiary/aromatic N) is 2. The lowest BCUT2D eigenvalue weighted by molar-refractivity contribution is -0.710. The number of amides is 3. The van der Waals surface area contributed by atoms with Crippen LogP contribution in [-0.2, 0) is 20.8 Å². The van der Waals surface area contributed by atoms with Crippen molar-refractivity contribution in [1.82, 2.24) is 10.6 Å². The van der Waals surface area contributed by atoms with Crippen molar-refractivity contribution in [3.8, 4) is 0 Å². The summed E-state index contributed by atoms with van der Waals surface area (Å²) >= 11 is 0. The highest BCUT2D eigenvalue weighted by molar-refractivity contribution is 6.15. The van der Waals surface area contributed by atoms with Crippen LogP contribution >= 0.6 is 0 Å². The standard InChI is InChI=1S/C29H29N5O4/c1-17(30-3)26(36)32-24-18(2)33-15-9-12-20-16-23(34(28(20)33)29(24)38)27(37)31-22-14-8-7-13-21(22)25(35)19-10-5-4-6-11-19/h4-15,17-18,23-24,30H,16H2,1-3H3,(H-,31,32,35,36,37)/p+1/t17-,18?,23-,24-/m0/s1. The number of carbonyl (C=O) groups excluding carboxylic acids is 4. The summed E-state index contributed by atoms with van der Waals surface area (Å²) in [6, 6.07) is 17.0. The highest BCUT2D eigenvalue weighted by Gasteiger charge is 2.55. The van der Waals surface area contributed by atoms with Crippen LogP contribution in [0.5, 0.6) is 0 Å². The van der Waals surface area contributed by atoms with E-state index in [-0.39, 0.29) is 23.6 Å². The predicted molar refractivity (Wildman–Crippen MR) is 142 cm³/mol. The topological polar surface area (TPSA) is 111 Å². The molecule has 9 nitrogen and oxygen atoms in total. The van der Waals surface area contributed by atoms with Crippen LogP contribution in [0.1, 0.15) is 41.4 Å². The average Bonchev–Trinajstić information content (AvgIpc) is 3.34. The van der Waals surface area contributed by atoms with Gasteiger partial charge in [0.1, 0.15) is 6.04 Å². The van der Waals surface area contributed by atoms with E-state index in [9.17, 15) is 19.2 Å². The summed E-state index contributed by atoms with van der Waals surface area (Å²) < 4.78 is 1.94. The number of aromatic nitrogens is 1. The third-order valence-electron chi connectivity index (χ3n) is 7.35. The molecule has 0 fully saturated rings. The van der Waals surface area contributed by atoms with Gasteiger partial charge in [-0.1, -0.05) is 42.5 Å². The van der Waals surface area contributed by atoms with Crippen LogP contribution in [0, 0.1) is 0 Å². The van der Waals surface area contributed by atoms with E-state index in [0.717, 1.165) is 5.56 Å². The van der Waals surface area contributed by atoms with Crippen molar-refractivity contribution in [2.75, 3.05) is 17.3 Å². The van der Waals surface area contributed by atoms with Crippen molar-refractivity contribution in [3.05, 3.63) is 89.6 Å². The zero-order valence-electron chi connectivity index (χ0n) is 21.5. The molecule has 1 aromatic heterocycles. The van der Waals surface area contributed by atoms with E-state index < -0.39 is 24.0 Å². The highest BCUT2D eigenvalue weighted by Crippen LogP contribution is 2.35. The molecule has 9 heteroatoms. The smallest absolute Gasteiger partial charge is 0.337 e.